The lowest BCUT2D eigenvalue weighted by molar-refractivity contribution is -0.143. The first-order valence-electron chi connectivity index (χ1n) is 7.87. The minimum atomic E-state index is -0.259. The van der Waals surface area contributed by atoms with E-state index in [9.17, 15) is 4.79 Å². The van der Waals surface area contributed by atoms with E-state index in [0.29, 0.717) is 18.1 Å². The fourth-order valence-electron chi connectivity index (χ4n) is 2.54. The molecule has 2 N–H and O–H groups in total. The molecule has 0 aliphatic heterocycles. The van der Waals surface area contributed by atoms with Crippen molar-refractivity contribution in [3.8, 4) is 16.9 Å². The summed E-state index contributed by atoms with van der Waals surface area (Å²) in [5, 5.41) is 0.659. The van der Waals surface area contributed by atoms with E-state index in [0.717, 1.165) is 22.4 Å². The highest BCUT2D eigenvalue weighted by molar-refractivity contribution is 6.31. The fourth-order valence-corrected chi connectivity index (χ4v) is 2.71. The number of carbonyl (C=O) groups excluding carboxylic acids is 1. The molecule has 0 saturated heterocycles. The topological polar surface area (TPSA) is 61.5 Å². The van der Waals surface area contributed by atoms with Crippen molar-refractivity contribution in [3.63, 3.8) is 0 Å². The van der Waals surface area contributed by atoms with Crippen LogP contribution in [-0.4, -0.2) is 25.7 Å². The van der Waals surface area contributed by atoms with Crippen molar-refractivity contribution in [2.75, 3.05) is 13.7 Å². The summed E-state index contributed by atoms with van der Waals surface area (Å²) in [6, 6.07) is 13.3. The average Bonchev–Trinajstić information content (AvgIpc) is 2.55. The van der Waals surface area contributed by atoms with E-state index in [1.165, 1.54) is 0 Å². The highest BCUT2D eigenvalue weighted by Crippen LogP contribution is 2.32. The molecule has 2 aromatic rings. The molecule has 0 bridgehead atoms. The second kappa shape index (κ2) is 8.71. The SMILES string of the molecule is CCOC(=O)CC(N)Cc1ccc(-c2cc(Cl)ccc2OC)cc1. The van der Waals surface area contributed by atoms with Crippen molar-refractivity contribution in [2.45, 2.75) is 25.8 Å². The third kappa shape index (κ3) is 4.98. The summed E-state index contributed by atoms with van der Waals surface area (Å²) in [7, 11) is 1.63. The zero-order valence-electron chi connectivity index (χ0n) is 13.9. The number of nitrogens with two attached hydrogens (primary N) is 1. The Kier molecular flexibility index (Phi) is 6.64. The predicted molar refractivity (Wildman–Crippen MR) is 96.4 cm³/mol. The van der Waals surface area contributed by atoms with E-state index in [1.54, 1.807) is 20.1 Å². The molecule has 1 unspecified atom stereocenters. The van der Waals surface area contributed by atoms with Crippen LogP contribution in [0.15, 0.2) is 42.5 Å². The van der Waals surface area contributed by atoms with Crippen LogP contribution in [0.5, 0.6) is 5.75 Å². The molecule has 0 spiro atoms. The maximum Gasteiger partial charge on any atom is 0.307 e. The van der Waals surface area contributed by atoms with E-state index >= 15 is 0 Å². The molecular weight excluding hydrogens is 326 g/mol. The average molecular weight is 348 g/mol. The van der Waals surface area contributed by atoms with Gasteiger partial charge in [0.25, 0.3) is 0 Å². The van der Waals surface area contributed by atoms with Crippen LogP contribution < -0.4 is 10.5 Å². The lowest BCUT2D eigenvalue weighted by atomic mass is 9.99. The summed E-state index contributed by atoms with van der Waals surface area (Å²) in [6.07, 6.45) is 0.837. The highest BCUT2D eigenvalue weighted by Gasteiger charge is 2.12. The van der Waals surface area contributed by atoms with E-state index in [4.69, 9.17) is 26.8 Å². The van der Waals surface area contributed by atoms with Gasteiger partial charge in [-0.15, -0.1) is 0 Å². The third-order valence-electron chi connectivity index (χ3n) is 3.66. The first-order chi connectivity index (χ1) is 11.5. The van der Waals surface area contributed by atoms with Crippen LogP contribution in [0.3, 0.4) is 0 Å². The molecular formula is C19H22ClNO3. The van der Waals surface area contributed by atoms with Crippen molar-refractivity contribution in [2.24, 2.45) is 5.73 Å². The molecule has 4 nitrogen and oxygen atoms in total. The van der Waals surface area contributed by atoms with E-state index in [1.807, 2.05) is 36.4 Å². The van der Waals surface area contributed by atoms with Crippen LogP contribution in [-0.2, 0) is 16.0 Å². The minimum absolute atomic E-state index is 0.220. The van der Waals surface area contributed by atoms with Gasteiger partial charge in [0.2, 0.25) is 0 Å². The summed E-state index contributed by atoms with van der Waals surface area (Å²) < 4.78 is 10.3. The molecule has 0 aromatic heterocycles. The number of methoxy groups -OCH3 is 1. The van der Waals surface area contributed by atoms with Gasteiger partial charge in [0, 0.05) is 16.6 Å². The Morgan fingerprint density at radius 2 is 1.92 bits per heavy atom. The Bertz CT molecular complexity index is 686. The second-order valence-electron chi connectivity index (χ2n) is 5.51. The second-order valence-corrected chi connectivity index (χ2v) is 5.95. The van der Waals surface area contributed by atoms with Gasteiger partial charge in [-0.05, 0) is 42.7 Å². The van der Waals surface area contributed by atoms with Crippen molar-refractivity contribution >= 4 is 17.6 Å². The molecule has 0 heterocycles. The van der Waals surface area contributed by atoms with Crippen LogP contribution in [0, 0.1) is 0 Å². The molecule has 0 aliphatic rings. The number of hydrogen-bond acceptors (Lipinski definition) is 4. The van der Waals surface area contributed by atoms with Gasteiger partial charge in [-0.1, -0.05) is 35.9 Å². The zero-order chi connectivity index (χ0) is 17.5. The van der Waals surface area contributed by atoms with Gasteiger partial charge in [0.05, 0.1) is 20.1 Å². The molecule has 0 fully saturated rings. The predicted octanol–water partition coefficient (Wildman–Crippen LogP) is 3.84. The van der Waals surface area contributed by atoms with E-state index < -0.39 is 0 Å². The zero-order valence-corrected chi connectivity index (χ0v) is 14.7. The molecule has 2 aromatic carbocycles. The molecule has 5 heteroatoms. The molecule has 0 saturated carbocycles. The standard InChI is InChI=1S/C19H22ClNO3/c1-3-24-19(22)12-16(21)10-13-4-6-14(7-5-13)17-11-15(20)8-9-18(17)23-2/h4-9,11,16H,3,10,12,21H2,1-2H3. The molecule has 0 radical (unpaired) electrons. The minimum Gasteiger partial charge on any atom is -0.496 e. The Morgan fingerprint density at radius 3 is 2.54 bits per heavy atom. The number of halogens is 1. The Balaban J connectivity index is 2.08. The van der Waals surface area contributed by atoms with Crippen molar-refractivity contribution < 1.29 is 14.3 Å². The van der Waals surface area contributed by atoms with Gasteiger partial charge >= 0.3 is 5.97 Å². The van der Waals surface area contributed by atoms with Gasteiger partial charge in [-0.2, -0.15) is 0 Å². The molecule has 128 valence electrons. The Hall–Kier alpha value is -2.04. The maximum atomic E-state index is 11.5. The van der Waals surface area contributed by atoms with Crippen LogP contribution in [0.4, 0.5) is 0 Å². The molecule has 0 amide bonds. The Labute approximate surface area is 147 Å². The number of esters is 1. The van der Waals surface area contributed by atoms with Gasteiger partial charge in [-0.3, -0.25) is 4.79 Å². The lowest BCUT2D eigenvalue weighted by Gasteiger charge is -2.12. The van der Waals surface area contributed by atoms with E-state index in [2.05, 4.69) is 0 Å². The first-order valence-corrected chi connectivity index (χ1v) is 8.25. The largest absolute Gasteiger partial charge is 0.496 e. The van der Waals surface area contributed by atoms with Crippen LogP contribution in [0.2, 0.25) is 5.02 Å². The Morgan fingerprint density at radius 1 is 1.21 bits per heavy atom. The van der Waals surface area contributed by atoms with Gasteiger partial charge in [0.15, 0.2) is 0 Å². The monoisotopic (exact) mass is 347 g/mol. The summed E-state index contributed by atoms with van der Waals surface area (Å²) in [4.78, 5) is 11.5. The number of benzene rings is 2. The molecule has 2 rings (SSSR count). The van der Waals surface area contributed by atoms with Crippen LogP contribution in [0.25, 0.3) is 11.1 Å². The summed E-state index contributed by atoms with van der Waals surface area (Å²) >= 11 is 6.08. The first kappa shape index (κ1) is 18.3. The number of carbonyl (C=O) groups is 1. The molecule has 0 aliphatic carbocycles. The van der Waals surface area contributed by atoms with Gasteiger partial charge in [0.1, 0.15) is 5.75 Å². The third-order valence-corrected chi connectivity index (χ3v) is 3.89. The molecule has 24 heavy (non-hydrogen) atoms. The maximum absolute atomic E-state index is 11.5. The van der Waals surface area contributed by atoms with E-state index in [-0.39, 0.29) is 18.4 Å². The highest BCUT2D eigenvalue weighted by atomic mass is 35.5. The lowest BCUT2D eigenvalue weighted by Crippen LogP contribution is -2.27. The normalized spacial score (nSPS) is 11.8. The number of ether oxygens (including phenoxy) is 2. The molecule has 1 atom stereocenters. The van der Waals surface area contributed by atoms with Crippen molar-refractivity contribution in [3.05, 3.63) is 53.1 Å². The van der Waals surface area contributed by atoms with Gasteiger partial charge in [-0.25, -0.2) is 0 Å². The van der Waals surface area contributed by atoms with Crippen molar-refractivity contribution in [1.29, 1.82) is 0 Å². The number of hydrogen-bond donors (Lipinski definition) is 1. The summed E-state index contributed by atoms with van der Waals surface area (Å²) in [5.74, 6) is 0.511. The van der Waals surface area contributed by atoms with Gasteiger partial charge < -0.3 is 15.2 Å². The smallest absolute Gasteiger partial charge is 0.307 e. The summed E-state index contributed by atoms with van der Waals surface area (Å²) in [6.45, 7) is 2.16. The summed E-state index contributed by atoms with van der Waals surface area (Å²) in [5.41, 5.74) is 9.03. The fraction of sp³-hybridized carbons (Fsp3) is 0.316. The van der Waals surface area contributed by atoms with Crippen LogP contribution in [0.1, 0.15) is 18.9 Å². The van der Waals surface area contributed by atoms with Crippen molar-refractivity contribution in [1.82, 2.24) is 0 Å². The number of rotatable bonds is 7. The van der Waals surface area contributed by atoms with Crippen LogP contribution >= 0.6 is 11.6 Å². The quantitative estimate of drug-likeness (QED) is 0.773.